The van der Waals surface area contributed by atoms with Gasteiger partial charge in [-0.05, 0) is 17.7 Å². The molecule has 0 unspecified atom stereocenters. The van der Waals surface area contributed by atoms with Crippen molar-refractivity contribution in [3.8, 4) is 0 Å². The summed E-state index contributed by atoms with van der Waals surface area (Å²) in [5, 5.41) is 0. The first-order valence-electron chi connectivity index (χ1n) is 6.84. The van der Waals surface area contributed by atoms with Crippen LogP contribution >= 0.6 is 15.9 Å². The van der Waals surface area contributed by atoms with E-state index in [-0.39, 0.29) is 18.2 Å². The fourth-order valence-corrected chi connectivity index (χ4v) is 2.59. The van der Waals surface area contributed by atoms with E-state index in [1.165, 1.54) is 4.90 Å². The molecule has 0 aromatic heterocycles. The Balaban J connectivity index is 2.19. The maximum absolute atomic E-state index is 12.3. The standard InChI is InChI=1S/C15H19BrN2O3/c1-17(2)15(20)13-10-12(16)4-3-11(13)9-14(19)18-5-7-21-8-6-18/h3-4,10H,5-9H2,1-2H3. The van der Waals surface area contributed by atoms with Gasteiger partial charge < -0.3 is 14.5 Å². The average Bonchev–Trinajstić information content (AvgIpc) is 2.49. The number of nitrogens with zero attached hydrogens (tertiary/aromatic N) is 2. The largest absolute Gasteiger partial charge is 0.378 e. The molecule has 1 heterocycles. The second-order valence-electron chi connectivity index (χ2n) is 5.17. The van der Waals surface area contributed by atoms with E-state index in [0.717, 1.165) is 10.0 Å². The second kappa shape index (κ2) is 7.04. The van der Waals surface area contributed by atoms with Crippen LogP contribution in [0.4, 0.5) is 0 Å². The van der Waals surface area contributed by atoms with Crippen LogP contribution in [-0.2, 0) is 16.0 Å². The highest BCUT2D eigenvalue weighted by atomic mass is 79.9. The van der Waals surface area contributed by atoms with Crippen LogP contribution in [0.2, 0.25) is 0 Å². The number of ether oxygens (including phenoxy) is 1. The first kappa shape index (κ1) is 16.0. The van der Waals surface area contributed by atoms with Crippen molar-refractivity contribution in [3.63, 3.8) is 0 Å². The van der Waals surface area contributed by atoms with Gasteiger partial charge in [-0.2, -0.15) is 0 Å². The highest BCUT2D eigenvalue weighted by molar-refractivity contribution is 9.10. The number of morpholine rings is 1. The molecule has 6 heteroatoms. The maximum Gasteiger partial charge on any atom is 0.253 e. The van der Waals surface area contributed by atoms with E-state index >= 15 is 0 Å². The normalized spacial score (nSPS) is 14.9. The second-order valence-corrected chi connectivity index (χ2v) is 6.09. The fraction of sp³-hybridized carbons (Fsp3) is 0.467. The molecular formula is C15H19BrN2O3. The molecule has 0 radical (unpaired) electrons. The van der Waals surface area contributed by atoms with Gasteiger partial charge >= 0.3 is 0 Å². The van der Waals surface area contributed by atoms with Crippen molar-refractivity contribution >= 4 is 27.7 Å². The molecule has 2 amide bonds. The molecule has 1 aliphatic heterocycles. The van der Waals surface area contributed by atoms with Crippen molar-refractivity contribution in [1.29, 1.82) is 0 Å². The summed E-state index contributed by atoms with van der Waals surface area (Å²) >= 11 is 3.37. The molecule has 0 bridgehead atoms. The van der Waals surface area contributed by atoms with E-state index in [2.05, 4.69) is 15.9 Å². The van der Waals surface area contributed by atoms with E-state index in [1.807, 2.05) is 12.1 Å². The Morgan fingerprint density at radius 3 is 2.57 bits per heavy atom. The minimum atomic E-state index is -0.0962. The predicted molar refractivity (Wildman–Crippen MR) is 83.3 cm³/mol. The highest BCUT2D eigenvalue weighted by Gasteiger charge is 2.20. The number of carbonyl (C=O) groups is 2. The van der Waals surface area contributed by atoms with Gasteiger partial charge in [0.1, 0.15) is 0 Å². The number of benzene rings is 1. The number of carbonyl (C=O) groups excluding carboxylic acids is 2. The van der Waals surface area contributed by atoms with Crippen LogP contribution in [0.25, 0.3) is 0 Å². The molecule has 0 spiro atoms. The zero-order valence-electron chi connectivity index (χ0n) is 12.3. The molecule has 5 nitrogen and oxygen atoms in total. The molecule has 1 aromatic rings. The maximum atomic E-state index is 12.3. The minimum absolute atomic E-state index is 0.0356. The van der Waals surface area contributed by atoms with Crippen LogP contribution in [0.15, 0.2) is 22.7 Å². The minimum Gasteiger partial charge on any atom is -0.378 e. The number of hydrogen-bond acceptors (Lipinski definition) is 3. The Morgan fingerprint density at radius 1 is 1.29 bits per heavy atom. The molecule has 0 atom stereocenters. The Labute approximate surface area is 133 Å². The van der Waals surface area contributed by atoms with Gasteiger partial charge in [-0.25, -0.2) is 0 Å². The lowest BCUT2D eigenvalue weighted by atomic mass is 10.0. The molecule has 0 N–H and O–H groups in total. The Hall–Kier alpha value is -1.40. The lowest BCUT2D eigenvalue weighted by Crippen LogP contribution is -2.41. The van der Waals surface area contributed by atoms with Gasteiger partial charge in [-0.1, -0.05) is 22.0 Å². The van der Waals surface area contributed by atoms with E-state index in [4.69, 9.17) is 4.74 Å². The molecular weight excluding hydrogens is 336 g/mol. The number of hydrogen-bond donors (Lipinski definition) is 0. The molecule has 2 rings (SSSR count). The Kier molecular flexibility index (Phi) is 5.36. The first-order valence-corrected chi connectivity index (χ1v) is 7.64. The van der Waals surface area contributed by atoms with Gasteiger partial charge in [-0.15, -0.1) is 0 Å². The predicted octanol–water partition coefficient (Wildman–Crippen LogP) is 1.55. The number of amides is 2. The molecule has 1 saturated heterocycles. The first-order chi connectivity index (χ1) is 9.99. The summed E-state index contributed by atoms with van der Waals surface area (Å²) in [5.74, 6) is -0.0606. The quantitative estimate of drug-likeness (QED) is 0.827. The van der Waals surface area contributed by atoms with E-state index < -0.39 is 0 Å². The third kappa shape index (κ3) is 4.04. The monoisotopic (exact) mass is 354 g/mol. The van der Waals surface area contributed by atoms with Gasteiger partial charge in [0.05, 0.1) is 19.6 Å². The van der Waals surface area contributed by atoms with Crippen molar-refractivity contribution in [2.75, 3.05) is 40.4 Å². The Morgan fingerprint density at radius 2 is 1.95 bits per heavy atom. The SMILES string of the molecule is CN(C)C(=O)c1cc(Br)ccc1CC(=O)N1CCOCC1. The van der Waals surface area contributed by atoms with Gasteiger partial charge in [0.15, 0.2) is 0 Å². The topological polar surface area (TPSA) is 49.9 Å². The summed E-state index contributed by atoms with van der Waals surface area (Å²) in [7, 11) is 3.41. The third-order valence-electron chi connectivity index (χ3n) is 3.41. The van der Waals surface area contributed by atoms with Gasteiger partial charge in [0, 0.05) is 37.2 Å². The average molecular weight is 355 g/mol. The van der Waals surface area contributed by atoms with Crippen molar-refractivity contribution in [2.45, 2.75) is 6.42 Å². The van der Waals surface area contributed by atoms with Crippen molar-refractivity contribution in [2.24, 2.45) is 0 Å². The van der Waals surface area contributed by atoms with Crippen molar-refractivity contribution < 1.29 is 14.3 Å². The summed E-state index contributed by atoms with van der Waals surface area (Å²) in [4.78, 5) is 27.9. The summed E-state index contributed by atoms with van der Waals surface area (Å²) in [6.07, 6.45) is 0.238. The Bertz CT molecular complexity index is 540. The number of rotatable bonds is 3. The third-order valence-corrected chi connectivity index (χ3v) is 3.91. The van der Waals surface area contributed by atoms with E-state index in [0.29, 0.717) is 31.9 Å². The van der Waals surface area contributed by atoms with Crippen molar-refractivity contribution in [1.82, 2.24) is 9.80 Å². The zero-order chi connectivity index (χ0) is 15.4. The molecule has 0 aliphatic carbocycles. The van der Waals surface area contributed by atoms with Crippen LogP contribution < -0.4 is 0 Å². The molecule has 1 aromatic carbocycles. The van der Waals surface area contributed by atoms with Gasteiger partial charge in [0.25, 0.3) is 5.91 Å². The zero-order valence-corrected chi connectivity index (χ0v) is 13.9. The van der Waals surface area contributed by atoms with Crippen LogP contribution in [-0.4, -0.2) is 62.0 Å². The van der Waals surface area contributed by atoms with E-state index in [9.17, 15) is 9.59 Å². The highest BCUT2D eigenvalue weighted by Crippen LogP contribution is 2.19. The number of halogens is 1. The van der Waals surface area contributed by atoms with Crippen LogP contribution in [0.1, 0.15) is 15.9 Å². The van der Waals surface area contributed by atoms with Crippen molar-refractivity contribution in [3.05, 3.63) is 33.8 Å². The molecule has 1 aliphatic rings. The van der Waals surface area contributed by atoms with Gasteiger partial charge in [0.2, 0.25) is 5.91 Å². The van der Waals surface area contributed by atoms with Crippen LogP contribution in [0, 0.1) is 0 Å². The molecule has 114 valence electrons. The lowest BCUT2D eigenvalue weighted by Gasteiger charge is -2.27. The lowest BCUT2D eigenvalue weighted by molar-refractivity contribution is -0.134. The molecule has 21 heavy (non-hydrogen) atoms. The molecule has 1 fully saturated rings. The molecule has 0 saturated carbocycles. The van der Waals surface area contributed by atoms with Gasteiger partial charge in [-0.3, -0.25) is 9.59 Å². The summed E-state index contributed by atoms with van der Waals surface area (Å²) in [6.45, 7) is 2.39. The van der Waals surface area contributed by atoms with Crippen LogP contribution in [0.3, 0.4) is 0 Å². The van der Waals surface area contributed by atoms with E-state index in [1.54, 1.807) is 25.1 Å². The summed E-state index contributed by atoms with van der Waals surface area (Å²) < 4.78 is 6.08. The summed E-state index contributed by atoms with van der Waals surface area (Å²) in [5.41, 5.74) is 1.32. The van der Waals surface area contributed by atoms with Crippen LogP contribution in [0.5, 0.6) is 0 Å². The smallest absolute Gasteiger partial charge is 0.253 e. The summed E-state index contributed by atoms with van der Waals surface area (Å²) in [6, 6.07) is 5.46. The fourth-order valence-electron chi connectivity index (χ4n) is 2.23.